The second-order valence-electron chi connectivity index (χ2n) is 4.80. The topological polar surface area (TPSA) is 41.1 Å². The van der Waals surface area contributed by atoms with Crippen LogP contribution in [0.25, 0.3) is 0 Å². The van der Waals surface area contributed by atoms with Crippen LogP contribution in [0.15, 0.2) is 18.2 Å². The third kappa shape index (κ3) is 4.48. The molecule has 19 heavy (non-hydrogen) atoms. The number of halogens is 2. The molecule has 0 aromatic heterocycles. The van der Waals surface area contributed by atoms with Crippen LogP contribution in [0.5, 0.6) is 0 Å². The minimum Gasteiger partial charge on any atom is -0.351 e. The highest BCUT2D eigenvalue weighted by Gasteiger charge is 2.19. The van der Waals surface area contributed by atoms with E-state index in [1.165, 1.54) is 6.07 Å². The number of benzene rings is 1. The average Bonchev–Trinajstić information content (AvgIpc) is 2.41. The summed E-state index contributed by atoms with van der Waals surface area (Å²) in [6, 6.07) is 4.96. The lowest BCUT2D eigenvalue weighted by atomic mass is 10.0. The van der Waals surface area contributed by atoms with Crippen LogP contribution in [0.2, 0.25) is 0 Å². The Morgan fingerprint density at radius 2 is 2.26 bits per heavy atom. The summed E-state index contributed by atoms with van der Waals surface area (Å²) in [6.45, 7) is 3.01. The number of amides is 1. The summed E-state index contributed by atoms with van der Waals surface area (Å²) in [6.07, 6.45) is 3.10. The molecule has 1 fully saturated rings. The largest absolute Gasteiger partial charge is 0.351 e. The summed E-state index contributed by atoms with van der Waals surface area (Å²) >= 11 is 0. The third-order valence-corrected chi connectivity index (χ3v) is 3.33. The first-order valence-electron chi connectivity index (χ1n) is 6.43. The molecule has 1 atom stereocenters. The van der Waals surface area contributed by atoms with Crippen molar-refractivity contribution in [1.29, 1.82) is 0 Å². The maximum Gasteiger partial charge on any atom is 0.237 e. The fourth-order valence-corrected chi connectivity index (χ4v) is 2.13. The number of hydrogen-bond acceptors (Lipinski definition) is 2. The second kappa shape index (κ2) is 7.46. The van der Waals surface area contributed by atoms with Gasteiger partial charge in [-0.3, -0.25) is 4.79 Å². The summed E-state index contributed by atoms with van der Waals surface area (Å²) in [5, 5.41) is 6.04. The van der Waals surface area contributed by atoms with E-state index in [1.807, 2.05) is 6.07 Å². The molecule has 1 aliphatic heterocycles. The Bertz CT molecular complexity index is 433. The van der Waals surface area contributed by atoms with E-state index in [1.54, 1.807) is 13.0 Å². The van der Waals surface area contributed by atoms with Gasteiger partial charge in [-0.1, -0.05) is 18.6 Å². The van der Waals surface area contributed by atoms with Crippen LogP contribution in [-0.2, 0) is 11.3 Å². The van der Waals surface area contributed by atoms with E-state index in [0.29, 0.717) is 12.1 Å². The first-order valence-corrected chi connectivity index (χ1v) is 6.43. The minimum absolute atomic E-state index is 0. The number of aryl methyl sites for hydroxylation is 1. The van der Waals surface area contributed by atoms with Gasteiger partial charge in [0.1, 0.15) is 5.82 Å². The van der Waals surface area contributed by atoms with Gasteiger partial charge in [0, 0.05) is 6.54 Å². The van der Waals surface area contributed by atoms with Gasteiger partial charge >= 0.3 is 0 Å². The van der Waals surface area contributed by atoms with E-state index in [2.05, 4.69) is 10.6 Å². The SMILES string of the molecule is Cc1ccc(CNC(=O)[C@@H]2CCCCN2)cc1F.Cl. The Balaban J connectivity index is 0.00000180. The number of nitrogens with one attached hydrogen (secondary N) is 2. The van der Waals surface area contributed by atoms with E-state index in [9.17, 15) is 9.18 Å². The molecule has 1 amide bonds. The predicted octanol–water partition coefficient (Wildman–Crippen LogP) is 2.31. The maximum absolute atomic E-state index is 13.3. The van der Waals surface area contributed by atoms with Gasteiger partial charge in [-0.25, -0.2) is 4.39 Å². The summed E-state index contributed by atoms with van der Waals surface area (Å²) in [5.74, 6) is -0.215. The summed E-state index contributed by atoms with van der Waals surface area (Å²) in [7, 11) is 0. The summed E-state index contributed by atoms with van der Waals surface area (Å²) < 4.78 is 13.3. The molecule has 106 valence electrons. The van der Waals surface area contributed by atoms with Crippen LogP contribution in [-0.4, -0.2) is 18.5 Å². The highest BCUT2D eigenvalue weighted by Crippen LogP contribution is 2.10. The van der Waals surface area contributed by atoms with Crippen LogP contribution in [0.4, 0.5) is 4.39 Å². The molecule has 0 unspecified atom stereocenters. The standard InChI is InChI=1S/C14H19FN2O.ClH/c1-10-5-6-11(8-12(10)15)9-17-14(18)13-4-2-3-7-16-13;/h5-6,8,13,16H,2-4,7,9H2,1H3,(H,17,18);1H/t13-;/m0./s1. The van der Waals surface area contributed by atoms with Crippen LogP contribution in [0.3, 0.4) is 0 Å². The highest BCUT2D eigenvalue weighted by atomic mass is 35.5. The molecule has 5 heteroatoms. The van der Waals surface area contributed by atoms with Crippen LogP contribution in [0, 0.1) is 12.7 Å². The van der Waals surface area contributed by atoms with Crippen molar-refractivity contribution in [3.63, 3.8) is 0 Å². The van der Waals surface area contributed by atoms with E-state index in [0.717, 1.165) is 31.4 Å². The molecule has 1 heterocycles. The molecular weight excluding hydrogens is 267 g/mol. The van der Waals surface area contributed by atoms with Crippen molar-refractivity contribution in [2.45, 2.75) is 38.8 Å². The summed E-state index contributed by atoms with van der Waals surface area (Å²) in [4.78, 5) is 11.9. The number of piperidine rings is 1. The molecule has 0 bridgehead atoms. The molecule has 1 aromatic rings. The molecule has 0 spiro atoms. The lowest BCUT2D eigenvalue weighted by Crippen LogP contribution is -2.46. The average molecular weight is 287 g/mol. The Labute approximate surface area is 119 Å². The highest BCUT2D eigenvalue weighted by molar-refractivity contribution is 5.85. The Hall–Kier alpha value is -1.13. The van der Waals surface area contributed by atoms with Crippen molar-refractivity contribution in [1.82, 2.24) is 10.6 Å². The monoisotopic (exact) mass is 286 g/mol. The minimum atomic E-state index is -0.224. The number of hydrogen-bond donors (Lipinski definition) is 2. The van der Waals surface area contributed by atoms with Crippen molar-refractivity contribution in [2.24, 2.45) is 0 Å². The molecule has 1 aromatic carbocycles. The lowest BCUT2D eigenvalue weighted by Gasteiger charge is -2.22. The predicted molar refractivity (Wildman–Crippen MR) is 75.9 cm³/mol. The first kappa shape index (κ1) is 15.9. The molecule has 2 N–H and O–H groups in total. The molecule has 1 saturated heterocycles. The van der Waals surface area contributed by atoms with Crippen LogP contribution < -0.4 is 10.6 Å². The lowest BCUT2D eigenvalue weighted by molar-refractivity contribution is -0.123. The van der Waals surface area contributed by atoms with Gasteiger partial charge in [-0.2, -0.15) is 0 Å². The van der Waals surface area contributed by atoms with Gasteiger partial charge < -0.3 is 10.6 Å². The van der Waals surface area contributed by atoms with Crippen molar-refractivity contribution >= 4 is 18.3 Å². The third-order valence-electron chi connectivity index (χ3n) is 3.33. The Morgan fingerprint density at radius 3 is 2.89 bits per heavy atom. The Morgan fingerprint density at radius 1 is 1.47 bits per heavy atom. The molecular formula is C14H20ClFN2O. The molecule has 3 nitrogen and oxygen atoms in total. The van der Waals surface area contributed by atoms with Crippen molar-refractivity contribution < 1.29 is 9.18 Å². The van der Waals surface area contributed by atoms with Crippen molar-refractivity contribution in [2.75, 3.05) is 6.54 Å². The quantitative estimate of drug-likeness (QED) is 0.895. The summed E-state index contributed by atoms with van der Waals surface area (Å²) in [5.41, 5.74) is 1.42. The molecule has 2 rings (SSSR count). The van der Waals surface area contributed by atoms with Gasteiger partial charge in [0.05, 0.1) is 6.04 Å². The van der Waals surface area contributed by atoms with Crippen LogP contribution >= 0.6 is 12.4 Å². The number of carbonyl (C=O) groups is 1. The van der Waals surface area contributed by atoms with E-state index >= 15 is 0 Å². The zero-order valence-electron chi connectivity index (χ0n) is 11.0. The smallest absolute Gasteiger partial charge is 0.237 e. The fourth-order valence-electron chi connectivity index (χ4n) is 2.13. The van der Waals surface area contributed by atoms with Gasteiger partial charge in [0.25, 0.3) is 0 Å². The Kier molecular flexibility index (Phi) is 6.25. The number of rotatable bonds is 3. The van der Waals surface area contributed by atoms with Gasteiger partial charge in [-0.15, -0.1) is 12.4 Å². The molecule has 0 saturated carbocycles. The zero-order chi connectivity index (χ0) is 13.0. The second-order valence-corrected chi connectivity index (χ2v) is 4.80. The normalized spacial score (nSPS) is 18.5. The molecule has 0 aliphatic carbocycles. The number of carbonyl (C=O) groups excluding carboxylic acids is 1. The van der Waals surface area contributed by atoms with E-state index in [4.69, 9.17) is 0 Å². The van der Waals surface area contributed by atoms with E-state index in [-0.39, 0.29) is 30.2 Å². The van der Waals surface area contributed by atoms with Crippen LogP contribution in [0.1, 0.15) is 30.4 Å². The van der Waals surface area contributed by atoms with Gasteiger partial charge in [-0.05, 0) is 43.5 Å². The maximum atomic E-state index is 13.3. The molecule has 0 radical (unpaired) electrons. The fraction of sp³-hybridized carbons (Fsp3) is 0.500. The van der Waals surface area contributed by atoms with Crippen molar-refractivity contribution in [3.05, 3.63) is 35.1 Å². The van der Waals surface area contributed by atoms with Crippen molar-refractivity contribution in [3.8, 4) is 0 Å². The van der Waals surface area contributed by atoms with E-state index < -0.39 is 0 Å². The van der Waals surface area contributed by atoms with Gasteiger partial charge in [0.15, 0.2) is 0 Å². The first-order chi connectivity index (χ1) is 8.66. The van der Waals surface area contributed by atoms with Gasteiger partial charge in [0.2, 0.25) is 5.91 Å². The zero-order valence-corrected chi connectivity index (χ0v) is 11.9. The molecule has 1 aliphatic rings.